The topological polar surface area (TPSA) is 61.3 Å². The summed E-state index contributed by atoms with van der Waals surface area (Å²) in [7, 11) is 0. The number of aromatic nitrogens is 4. The van der Waals surface area contributed by atoms with Crippen molar-refractivity contribution < 1.29 is 0 Å². The van der Waals surface area contributed by atoms with Gasteiger partial charge in [0.15, 0.2) is 0 Å². The van der Waals surface area contributed by atoms with E-state index in [0.29, 0.717) is 0 Å². The number of nitrogens with zero attached hydrogens (tertiary/aromatic N) is 7. The first-order chi connectivity index (χ1) is 13.6. The lowest BCUT2D eigenvalue weighted by Gasteiger charge is -2.34. The van der Waals surface area contributed by atoms with Crippen molar-refractivity contribution in [1.82, 2.24) is 24.8 Å². The number of piperidine rings is 1. The predicted octanol–water partition coefficient (Wildman–Crippen LogP) is 2.62. The van der Waals surface area contributed by atoms with Gasteiger partial charge >= 0.3 is 0 Å². The molecule has 4 rings (SSSR count). The second-order valence-corrected chi connectivity index (χ2v) is 8.00. The highest BCUT2D eigenvalue weighted by Gasteiger charge is 2.20. The van der Waals surface area contributed by atoms with Crippen molar-refractivity contribution in [1.29, 1.82) is 0 Å². The van der Waals surface area contributed by atoms with E-state index in [2.05, 4.69) is 38.5 Å². The van der Waals surface area contributed by atoms with Crippen molar-refractivity contribution in [2.24, 2.45) is 5.92 Å². The van der Waals surface area contributed by atoms with Crippen molar-refractivity contribution in [3.05, 3.63) is 24.2 Å². The number of hydrogen-bond donors (Lipinski definition) is 0. The van der Waals surface area contributed by atoms with Crippen molar-refractivity contribution in [3.63, 3.8) is 0 Å². The molecule has 0 unspecified atom stereocenters. The first kappa shape index (κ1) is 19.1. The number of likely N-dealkylation sites (N-methyl/N-ethyl adjacent to an activating group) is 1. The third-order valence-corrected chi connectivity index (χ3v) is 6.05. The molecular weight excluding hydrogens is 350 g/mol. The number of anilines is 2. The van der Waals surface area contributed by atoms with E-state index in [0.717, 1.165) is 80.6 Å². The summed E-state index contributed by atoms with van der Waals surface area (Å²) in [6, 6.07) is 1.96. The highest BCUT2D eigenvalue weighted by molar-refractivity contribution is 5.62. The molecule has 2 saturated heterocycles. The van der Waals surface area contributed by atoms with Gasteiger partial charge in [-0.05, 0) is 38.3 Å². The Bertz CT molecular complexity index is 793. The molecule has 2 aliphatic heterocycles. The molecule has 0 saturated carbocycles. The number of piperazine rings is 1. The minimum absolute atomic E-state index is 0.793. The molecule has 0 radical (unpaired) electrons. The van der Waals surface area contributed by atoms with Gasteiger partial charge in [0.05, 0.1) is 11.4 Å². The molecule has 28 heavy (non-hydrogen) atoms. The lowest BCUT2D eigenvalue weighted by molar-refractivity contribution is 0.270. The van der Waals surface area contributed by atoms with Crippen LogP contribution in [0.25, 0.3) is 11.3 Å². The van der Waals surface area contributed by atoms with Crippen LogP contribution in [-0.4, -0.2) is 70.6 Å². The largest absolute Gasteiger partial charge is 0.341 e. The maximum absolute atomic E-state index is 4.83. The summed E-state index contributed by atoms with van der Waals surface area (Å²) in [6.45, 7) is 13.9. The highest BCUT2D eigenvalue weighted by atomic mass is 15.3. The quantitative estimate of drug-likeness (QED) is 0.807. The molecule has 0 aliphatic carbocycles. The van der Waals surface area contributed by atoms with Crippen LogP contribution in [0, 0.1) is 12.8 Å². The summed E-state index contributed by atoms with van der Waals surface area (Å²) in [4.78, 5) is 25.8. The van der Waals surface area contributed by atoms with Crippen LogP contribution in [0.5, 0.6) is 0 Å². The lowest BCUT2D eigenvalue weighted by atomic mass is 10.00. The fourth-order valence-corrected chi connectivity index (χ4v) is 3.98. The molecule has 0 amide bonds. The zero-order valence-corrected chi connectivity index (χ0v) is 17.3. The van der Waals surface area contributed by atoms with Crippen LogP contribution in [0.2, 0.25) is 0 Å². The van der Waals surface area contributed by atoms with Crippen molar-refractivity contribution in [3.8, 4) is 11.3 Å². The summed E-state index contributed by atoms with van der Waals surface area (Å²) >= 11 is 0. The van der Waals surface area contributed by atoms with E-state index in [-0.39, 0.29) is 0 Å². The molecule has 0 bridgehead atoms. The minimum Gasteiger partial charge on any atom is -0.341 e. The van der Waals surface area contributed by atoms with Gasteiger partial charge in [-0.15, -0.1) is 0 Å². The molecule has 2 aliphatic rings. The molecule has 7 heteroatoms. The molecular formula is C21H31N7. The van der Waals surface area contributed by atoms with Gasteiger partial charge in [-0.2, -0.15) is 0 Å². The number of hydrogen-bond acceptors (Lipinski definition) is 7. The Hall–Kier alpha value is -2.28. The third-order valence-electron chi connectivity index (χ3n) is 6.05. The molecule has 0 atom stereocenters. The van der Waals surface area contributed by atoms with E-state index >= 15 is 0 Å². The van der Waals surface area contributed by atoms with E-state index < -0.39 is 0 Å². The smallest absolute Gasteiger partial charge is 0.225 e. The van der Waals surface area contributed by atoms with Gasteiger partial charge in [-0.25, -0.2) is 19.9 Å². The fraction of sp³-hybridized carbons (Fsp3) is 0.619. The first-order valence-corrected chi connectivity index (χ1v) is 10.5. The van der Waals surface area contributed by atoms with Crippen LogP contribution >= 0.6 is 0 Å². The second-order valence-electron chi connectivity index (χ2n) is 8.00. The van der Waals surface area contributed by atoms with Gasteiger partial charge in [0.2, 0.25) is 11.9 Å². The Balaban J connectivity index is 1.51. The average molecular weight is 382 g/mol. The number of rotatable bonds is 4. The second kappa shape index (κ2) is 8.39. The number of aryl methyl sites for hydroxylation is 1. The summed E-state index contributed by atoms with van der Waals surface area (Å²) < 4.78 is 0. The zero-order valence-electron chi connectivity index (χ0n) is 17.3. The summed E-state index contributed by atoms with van der Waals surface area (Å²) in [6.07, 6.45) is 6.19. The van der Waals surface area contributed by atoms with Gasteiger partial charge in [0, 0.05) is 57.2 Å². The Morgan fingerprint density at radius 1 is 0.929 bits per heavy atom. The molecule has 0 spiro atoms. The molecule has 2 aromatic heterocycles. The fourth-order valence-electron chi connectivity index (χ4n) is 3.98. The summed E-state index contributed by atoms with van der Waals surface area (Å²) in [5, 5.41) is 0. The van der Waals surface area contributed by atoms with Crippen LogP contribution in [-0.2, 0) is 0 Å². The molecule has 150 valence electrons. The van der Waals surface area contributed by atoms with E-state index in [9.17, 15) is 0 Å². The van der Waals surface area contributed by atoms with Crippen LogP contribution < -0.4 is 9.80 Å². The van der Waals surface area contributed by atoms with E-state index in [4.69, 9.17) is 9.97 Å². The van der Waals surface area contributed by atoms with Crippen LogP contribution in [0.15, 0.2) is 18.5 Å². The summed E-state index contributed by atoms with van der Waals surface area (Å²) in [5.41, 5.74) is 2.87. The van der Waals surface area contributed by atoms with Gasteiger partial charge in [0.1, 0.15) is 0 Å². The molecule has 2 aromatic rings. The Kier molecular flexibility index (Phi) is 5.71. The van der Waals surface area contributed by atoms with E-state index in [1.165, 1.54) is 12.8 Å². The normalized spacial score (nSPS) is 19.2. The van der Waals surface area contributed by atoms with Gasteiger partial charge < -0.3 is 14.7 Å². The average Bonchev–Trinajstić information content (AvgIpc) is 2.74. The standard InChI is InChI=1S/C21H31N7/c1-4-26-11-13-28(14-12-26)21-23-15-18(17(3)24-21)19-5-8-22-20(25-19)27-9-6-16(2)7-10-27/h5,8,15-16H,4,6-7,9-14H2,1-3H3. The van der Waals surface area contributed by atoms with Gasteiger partial charge in [0.25, 0.3) is 0 Å². The molecule has 4 heterocycles. The van der Waals surface area contributed by atoms with Crippen LogP contribution in [0.4, 0.5) is 11.9 Å². The van der Waals surface area contributed by atoms with Gasteiger partial charge in [-0.3, -0.25) is 0 Å². The van der Waals surface area contributed by atoms with Crippen molar-refractivity contribution in [2.75, 3.05) is 55.6 Å². The van der Waals surface area contributed by atoms with Gasteiger partial charge in [-0.1, -0.05) is 13.8 Å². The molecule has 7 nitrogen and oxygen atoms in total. The van der Waals surface area contributed by atoms with Crippen LogP contribution in [0.1, 0.15) is 32.4 Å². The molecule has 2 fully saturated rings. The highest BCUT2D eigenvalue weighted by Crippen LogP contribution is 2.25. The Morgan fingerprint density at radius 2 is 1.61 bits per heavy atom. The summed E-state index contributed by atoms with van der Waals surface area (Å²) in [5.74, 6) is 2.45. The Morgan fingerprint density at radius 3 is 2.29 bits per heavy atom. The molecule has 0 N–H and O–H groups in total. The van der Waals surface area contributed by atoms with Crippen molar-refractivity contribution >= 4 is 11.9 Å². The van der Waals surface area contributed by atoms with E-state index in [1.54, 1.807) is 0 Å². The van der Waals surface area contributed by atoms with E-state index in [1.807, 2.05) is 25.4 Å². The molecule has 0 aromatic carbocycles. The lowest BCUT2D eigenvalue weighted by Crippen LogP contribution is -2.46. The predicted molar refractivity (Wildman–Crippen MR) is 113 cm³/mol. The maximum atomic E-state index is 4.83. The zero-order chi connectivity index (χ0) is 19.5. The van der Waals surface area contributed by atoms with Crippen molar-refractivity contribution in [2.45, 2.75) is 33.6 Å². The SMILES string of the molecule is CCN1CCN(c2ncc(-c3ccnc(N4CCC(C)CC4)n3)c(C)n2)CC1. The van der Waals surface area contributed by atoms with Crippen LogP contribution in [0.3, 0.4) is 0 Å². The first-order valence-electron chi connectivity index (χ1n) is 10.5. The third kappa shape index (κ3) is 4.09. The minimum atomic E-state index is 0.793. The maximum Gasteiger partial charge on any atom is 0.225 e. The Labute approximate surface area is 167 Å². The monoisotopic (exact) mass is 381 g/mol.